The molecule has 3 nitrogen and oxygen atoms in total. The molecular weight excluding hydrogens is 315 g/mol. The third-order valence-corrected chi connectivity index (χ3v) is 4.95. The number of aromatic nitrogens is 1. The van der Waals surface area contributed by atoms with E-state index in [0.717, 1.165) is 41.7 Å². The Labute approximate surface area is 146 Å². The van der Waals surface area contributed by atoms with Gasteiger partial charge >= 0.3 is 0 Å². The smallest absolute Gasteiger partial charge is 0.123 e. The number of methoxy groups -OCH3 is 1. The number of para-hydroxylation sites is 1. The molecule has 1 fully saturated rings. The zero-order chi connectivity index (χ0) is 17.2. The lowest BCUT2D eigenvalue weighted by Crippen LogP contribution is -2.17. The van der Waals surface area contributed by atoms with Crippen molar-refractivity contribution in [2.75, 3.05) is 13.7 Å². The zero-order valence-corrected chi connectivity index (χ0v) is 14.2. The minimum Gasteiger partial charge on any atom is -0.496 e. The second-order valence-electron chi connectivity index (χ2n) is 6.61. The van der Waals surface area contributed by atoms with Gasteiger partial charge in [0.2, 0.25) is 0 Å². The maximum absolute atomic E-state index is 13.5. The largest absolute Gasteiger partial charge is 0.496 e. The Morgan fingerprint density at radius 2 is 2.08 bits per heavy atom. The number of rotatable bonds is 6. The number of halogens is 1. The van der Waals surface area contributed by atoms with Crippen molar-refractivity contribution in [1.82, 2.24) is 10.3 Å². The number of fused-ring (bicyclic) bond motifs is 1. The maximum atomic E-state index is 13.5. The predicted molar refractivity (Wildman–Crippen MR) is 97.2 cm³/mol. The lowest BCUT2D eigenvalue weighted by Gasteiger charge is -2.09. The van der Waals surface area contributed by atoms with E-state index in [1.807, 2.05) is 12.3 Å². The van der Waals surface area contributed by atoms with E-state index in [1.54, 1.807) is 19.2 Å². The van der Waals surface area contributed by atoms with Crippen LogP contribution in [0.25, 0.3) is 10.9 Å². The van der Waals surface area contributed by atoms with Gasteiger partial charge in [-0.3, -0.25) is 4.98 Å². The Balaban J connectivity index is 1.38. The molecular formula is C21H21FN2O. The lowest BCUT2D eigenvalue weighted by atomic mass is 10.1. The van der Waals surface area contributed by atoms with Crippen molar-refractivity contribution in [3.05, 3.63) is 71.7 Å². The van der Waals surface area contributed by atoms with Crippen molar-refractivity contribution in [2.24, 2.45) is 5.92 Å². The molecule has 128 valence electrons. The first kappa shape index (κ1) is 16.0. The van der Waals surface area contributed by atoms with E-state index in [2.05, 4.69) is 34.6 Å². The van der Waals surface area contributed by atoms with Crippen LogP contribution in [-0.4, -0.2) is 18.6 Å². The van der Waals surface area contributed by atoms with Crippen LogP contribution in [-0.2, 0) is 6.54 Å². The molecule has 0 saturated heterocycles. The number of nitrogens with zero attached hydrogens (tertiary/aromatic N) is 1. The average molecular weight is 336 g/mol. The van der Waals surface area contributed by atoms with Gasteiger partial charge in [0.15, 0.2) is 0 Å². The van der Waals surface area contributed by atoms with E-state index in [9.17, 15) is 4.39 Å². The predicted octanol–water partition coefficient (Wildman–Crippen LogP) is 4.28. The fraction of sp³-hybridized carbons (Fsp3) is 0.286. The topological polar surface area (TPSA) is 34.1 Å². The van der Waals surface area contributed by atoms with E-state index < -0.39 is 0 Å². The molecule has 25 heavy (non-hydrogen) atoms. The van der Waals surface area contributed by atoms with Gasteiger partial charge in [-0.1, -0.05) is 24.3 Å². The molecule has 0 bridgehead atoms. The van der Waals surface area contributed by atoms with Gasteiger partial charge in [0.1, 0.15) is 11.6 Å². The van der Waals surface area contributed by atoms with Crippen molar-refractivity contribution in [1.29, 1.82) is 0 Å². The molecule has 1 heterocycles. The van der Waals surface area contributed by atoms with E-state index >= 15 is 0 Å². The molecule has 3 aromatic rings. The minimum atomic E-state index is -0.198. The molecule has 0 radical (unpaired) electrons. The summed E-state index contributed by atoms with van der Waals surface area (Å²) in [5.74, 6) is 1.49. The van der Waals surface area contributed by atoms with Crippen molar-refractivity contribution < 1.29 is 9.13 Å². The summed E-state index contributed by atoms with van der Waals surface area (Å²) < 4.78 is 18.9. The highest BCUT2D eigenvalue weighted by Crippen LogP contribution is 2.50. The second kappa shape index (κ2) is 6.81. The number of benzene rings is 2. The first-order valence-corrected chi connectivity index (χ1v) is 8.63. The number of pyridine rings is 1. The van der Waals surface area contributed by atoms with Crippen molar-refractivity contribution in [2.45, 2.75) is 18.9 Å². The third kappa shape index (κ3) is 3.35. The molecule has 2 atom stereocenters. The molecule has 1 N–H and O–H groups in total. The number of nitrogens with one attached hydrogen (secondary N) is 1. The van der Waals surface area contributed by atoms with E-state index in [-0.39, 0.29) is 5.82 Å². The Hall–Kier alpha value is -2.46. The van der Waals surface area contributed by atoms with Crippen LogP contribution >= 0.6 is 0 Å². The molecule has 1 aliphatic rings. The molecule has 1 saturated carbocycles. The molecule has 0 amide bonds. The van der Waals surface area contributed by atoms with Gasteiger partial charge in [-0.25, -0.2) is 4.39 Å². The highest BCUT2D eigenvalue weighted by atomic mass is 19.1. The summed E-state index contributed by atoms with van der Waals surface area (Å²) in [5.41, 5.74) is 3.25. The summed E-state index contributed by atoms with van der Waals surface area (Å²) in [6.07, 6.45) is 2.90. The van der Waals surface area contributed by atoms with Gasteiger partial charge in [0, 0.05) is 23.7 Å². The second-order valence-corrected chi connectivity index (χ2v) is 6.61. The first-order valence-electron chi connectivity index (χ1n) is 8.63. The minimum absolute atomic E-state index is 0.198. The first-order chi connectivity index (χ1) is 12.3. The monoisotopic (exact) mass is 336 g/mol. The highest BCUT2D eigenvalue weighted by molar-refractivity contribution is 5.81. The fourth-order valence-corrected chi connectivity index (χ4v) is 3.55. The zero-order valence-electron chi connectivity index (χ0n) is 14.2. The summed E-state index contributed by atoms with van der Waals surface area (Å²) in [4.78, 5) is 4.49. The van der Waals surface area contributed by atoms with Crippen molar-refractivity contribution in [3.8, 4) is 5.75 Å². The van der Waals surface area contributed by atoms with Crippen LogP contribution < -0.4 is 10.1 Å². The van der Waals surface area contributed by atoms with Crippen LogP contribution in [0.3, 0.4) is 0 Å². The molecule has 1 aliphatic carbocycles. The summed E-state index contributed by atoms with van der Waals surface area (Å²) in [6.45, 7) is 1.70. The summed E-state index contributed by atoms with van der Waals surface area (Å²) in [6, 6.07) is 15.1. The van der Waals surface area contributed by atoms with Crippen LogP contribution in [0.5, 0.6) is 5.75 Å². The molecule has 4 rings (SSSR count). The Morgan fingerprint density at radius 3 is 2.96 bits per heavy atom. The van der Waals surface area contributed by atoms with Crippen LogP contribution in [0.2, 0.25) is 0 Å². The lowest BCUT2D eigenvalue weighted by molar-refractivity contribution is 0.407. The van der Waals surface area contributed by atoms with Gasteiger partial charge in [-0.2, -0.15) is 0 Å². The molecule has 0 spiro atoms. The van der Waals surface area contributed by atoms with Crippen molar-refractivity contribution >= 4 is 10.9 Å². The van der Waals surface area contributed by atoms with E-state index in [1.165, 1.54) is 11.6 Å². The van der Waals surface area contributed by atoms with Gasteiger partial charge < -0.3 is 10.1 Å². The average Bonchev–Trinajstić information content (AvgIpc) is 3.41. The quantitative estimate of drug-likeness (QED) is 0.730. The number of hydrogen-bond acceptors (Lipinski definition) is 3. The fourth-order valence-electron chi connectivity index (χ4n) is 3.55. The van der Waals surface area contributed by atoms with Crippen LogP contribution in [0.1, 0.15) is 23.5 Å². The molecule has 1 aromatic heterocycles. The number of ether oxygens (including phenoxy) is 1. The van der Waals surface area contributed by atoms with Gasteiger partial charge in [0.25, 0.3) is 0 Å². The number of hydrogen-bond donors (Lipinski definition) is 1. The highest BCUT2D eigenvalue weighted by Gasteiger charge is 2.39. The normalized spacial score (nSPS) is 19.1. The molecule has 2 aromatic carbocycles. The Morgan fingerprint density at radius 1 is 1.20 bits per heavy atom. The summed E-state index contributed by atoms with van der Waals surface area (Å²) in [7, 11) is 1.64. The Bertz CT molecular complexity index is 891. The van der Waals surface area contributed by atoms with Gasteiger partial charge in [-0.15, -0.1) is 0 Å². The van der Waals surface area contributed by atoms with Crippen LogP contribution in [0.4, 0.5) is 4.39 Å². The molecule has 0 aliphatic heterocycles. The summed E-state index contributed by atoms with van der Waals surface area (Å²) in [5, 5.41) is 4.70. The molecule has 4 heteroatoms. The summed E-state index contributed by atoms with van der Waals surface area (Å²) >= 11 is 0. The van der Waals surface area contributed by atoms with Gasteiger partial charge in [0.05, 0.1) is 12.6 Å². The van der Waals surface area contributed by atoms with Gasteiger partial charge in [-0.05, 0) is 54.6 Å². The maximum Gasteiger partial charge on any atom is 0.123 e. The van der Waals surface area contributed by atoms with Crippen LogP contribution in [0, 0.1) is 11.7 Å². The van der Waals surface area contributed by atoms with E-state index in [4.69, 9.17) is 4.74 Å². The standard InChI is InChI=1S/C21H21FN2O/c1-25-20-8-7-17(22)11-19(20)18-10-16(18)13-23-12-15-5-2-4-14-6-3-9-24-21(14)15/h2-9,11,16,18,23H,10,12-13H2,1H3. The SMILES string of the molecule is COc1ccc(F)cc1C1CC1CNCc1cccc2cccnc12. The molecule has 2 unspecified atom stereocenters. The van der Waals surface area contributed by atoms with Crippen LogP contribution in [0.15, 0.2) is 54.7 Å². The van der Waals surface area contributed by atoms with Crippen molar-refractivity contribution in [3.63, 3.8) is 0 Å². The van der Waals surface area contributed by atoms with E-state index in [0.29, 0.717) is 11.8 Å². The third-order valence-electron chi connectivity index (χ3n) is 4.95. The Kier molecular flexibility index (Phi) is 4.36.